The van der Waals surface area contributed by atoms with E-state index in [0.29, 0.717) is 18.9 Å². The number of carbonyl (C=O) groups is 1. The van der Waals surface area contributed by atoms with E-state index >= 15 is 0 Å². The molecular formula is C12H20N6O. The van der Waals surface area contributed by atoms with Crippen LogP contribution in [0.5, 0.6) is 0 Å². The van der Waals surface area contributed by atoms with Crippen molar-refractivity contribution in [3.8, 4) is 0 Å². The summed E-state index contributed by atoms with van der Waals surface area (Å²) < 4.78 is 0. The number of nitrogens with two attached hydrogens (primary N) is 1. The van der Waals surface area contributed by atoms with Crippen LogP contribution in [0.15, 0.2) is 6.33 Å². The Hall–Kier alpha value is -1.89. The summed E-state index contributed by atoms with van der Waals surface area (Å²) in [6, 6.07) is 0. The van der Waals surface area contributed by atoms with Crippen molar-refractivity contribution in [3.05, 3.63) is 11.9 Å². The van der Waals surface area contributed by atoms with Gasteiger partial charge < -0.3 is 16.1 Å². The molecule has 1 heterocycles. The molecule has 5 N–H and O–H groups in total. The van der Waals surface area contributed by atoms with Crippen LogP contribution < -0.4 is 21.9 Å². The normalized spacial score (nSPS) is 14.0. The van der Waals surface area contributed by atoms with Crippen LogP contribution in [0.2, 0.25) is 0 Å². The van der Waals surface area contributed by atoms with Crippen LogP contribution >= 0.6 is 0 Å². The van der Waals surface area contributed by atoms with Crippen LogP contribution in [0.3, 0.4) is 0 Å². The van der Waals surface area contributed by atoms with Gasteiger partial charge in [-0.1, -0.05) is 6.92 Å². The van der Waals surface area contributed by atoms with E-state index in [9.17, 15) is 4.79 Å². The Balaban J connectivity index is 1.83. The average molecular weight is 264 g/mol. The van der Waals surface area contributed by atoms with E-state index < -0.39 is 0 Å². The molecule has 0 aliphatic heterocycles. The molecule has 1 aliphatic carbocycles. The summed E-state index contributed by atoms with van der Waals surface area (Å²) in [5.41, 5.74) is 3.50. The van der Waals surface area contributed by atoms with E-state index in [2.05, 4.69) is 26.0 Å². The van der Waals surface area contributed by atoms with Gasteiger partial charge in [-0.3, -0.25) is 4.79 Å². The second kappa shape index (κ2) is 6.33. The lowest BCUT2D eigenvalue weighted by molar-refractivity contribution is -0.122. The van der Waals surface area contributed by atoms with Gasteiger partial charge in [-0.05, 0) is 19.3 Å². The van der Waals surface area contributed by atoms with Crippen molar-refractivity contribution in [1.82, 2.24) is 15.3 Å². The zero-order valence-electron chi connectivity index (χ0n) is 11.1. The topological polar surface area (TPSA) is 105 Å². The van der Waals surface area contributed by atoms with E-state index in [1.807, 2.05) is 6.92 Å². The highest BCUT2D eigenvalue weighted by Crippen LogP contribution is 2.28. The number of anilines is 2. The van der Waals surface area contributed by atoms with Crippen molar-refractivity contribution in [1.29, 1.82) is 0 Å². The monoisotopic (exact) mass is 264 g/mol. The van der Waals surface area contributed by atoms with Crippen LogP contribution in [0.25, 0.3) is 0 Å². The van der Waals surface area contributed by atoms with Gasteiger partial charge in [0.25, 0.3) is 0 Å². The third-order valence-electron chi connectivity index (χ3n) is 3.10. The maximum Gasteiger partial charge on any atom is 0.223 e. The number of rotatable bonds is 7. The molecule has 1 saturated carbocycles. The van der Waals surface area contributed by atoms with Gasteiger partial charge in [-0.15, -0.1) is 0 Å². The first-order valence-corrected chi connectivity index (χ1v) is 6.58. The lowest BCUT2D eigenvalue weighted by Crippen LogP contribution is -2.30. The number of aromatic nitrogens is 2. The van der Waals surface area contributed by atoms with Crippen molar-refractivity contribution < 1.29 is 4.79 Å². The highest BCUT2D eigenvalue weighted by Gasteiger charge is 2.28. The van der Waals surface area contributed by atoms with Crippen molar-refractivity contribution >= 4 is 17.5 Å². The number of carbonyl (C=O) groups excluding carboxylic acids is 1. The molecule has 7 heteroatoms. The summed E-state index contributed by atoms with van der Waals surface area (Å²) in [6.07, 6.45) is 4.28. The molecule has 0 atom stereocenters. The first-order valence-electron chi connectivity index (χ1n) is 6.58. The van der Waals surface area contributed by atoms with Crippen LogP contribution in [0, 0.1) is 5.92 Å². The molecule has 0 bridgehead atoms. The first kappa shape index (κ1) is 13.5. The molecule has 1 aromatic rings. The Kier molecular flexibility index (Phi) is 4.51. The van der Waals surface area contributed by atoms with Crippen LogP contribution in [-0.2, 0) is 11.2 Å². The van der Waals surface area contributed by atoms with E-state index in [4.69, 9.17) is 5.84 Å². The fourth-order valence-corrected chi connectivity index (χ4v) is 1.88. The summed E-state index contributed by atoms with van der Waals surface area (Å²) in [6.45, 7) is 3.24. The van der Waals surface area contributed by atoms with Crippen LogP contribution in [-0.4, -0.2) is 29.0 Å². The van der Waals surface area contributed by atoms with E-state index in [0.717, 1.165) is 30.6 Å². The number of hydrogen-bond acceptors (Lipinski definition) is 6. The summed E-state index contributed by atoms with van der Waals surface area (Å²) >= 11 is 0. The largest absolute Gasteiger partial charge is 0.368 e. The second-order valence-corrected chi connectivity index (χ2v) is 4.54. The summed E-state index contributed by atoms with van der Waals surface area (Å²) in [7, 11) is 0. The average Bonchev–Trinajstić information content (AvgIpc) is 3.27. The molecule has 0 radical (unpaired) electrons. The quantitative estimate of drug-likeness (QED) is 0.320. The first-order chi connectivity index (χ1) is 9.26. The molecule has 0 aromatic carbocycles. The molecule has 1 fully saturated rings. The zero-order chi connectivity index (χ0) is 13.7. The molecule has 7 nitrogen and oxygen atoms in total. The van der Waals surface area contributed by atoms with Crippen molar-refractivity contribution in [2.45, 2.75) is 26.2 Å². The fourth-order valence-electron chi connectivity index (χ4n) is 1.88. The molecule has 1 amide bonds. The smallest absolute Gasteiger partial charge is 0.223 e. The van der Waals surface area contributed by atoms with Gasteiger partial charge >= 0.3 is 0 Å². The number of nitrogens with zero attached hydrogens (tertiary/aromatic N) is 2. The molecule has 1 aromatic heterocycles. The number of amides is 1. The Bertz CT molecular complexity index is 446. The van der Waals surface area contributed by atoms with Crippen molar-refractivity contribution in [2.24, 2.45) is 11.8 Å². The van der Waals surface area contributed by atoms with Crippen molar-refractivity contribution in [2.75, 3.05) is 23.8 Å². The maximum atomic E-state index is 11.4. The predicted molar refractivity (Wildman–Crippen MR) is 73.4 cm³/mol. The lowest BCUT2D eigenvalue weighted by Gasteiger charge is -2.12. The highest BCUT2D eigenvalue weighted by atomic mass is 16.2. The Morgan fingerprint density at radius 1 is 1.37 bits per heavy atom. The standard InChI is InChI=1S/C12H20N6O/c1-2-9-10(16-7-17-11(9)18-13)14-5-6-15-12(19)8-3-4-8/h7-8H,2-6,13H2,1H3,(H,15,19)(H2,14,16,17,18). The minimum absolute atomic E-state index is 0.157. The lowest BCUT2D eigenvalue weighted by atomic mass is 10.2. The number of hydrazine groups is 1. The Morgan fingerprint density at radius 2 is 2.11 bits per heavy atom. The van der Waals surface area contributed by atoms with Gasteiger partial charge in [0.15, 0.2) is 0 Å². The Morgan fingerprint density at radius 3 is 2.74 bits per heavy atom. The SMILES string of the molecule is CCc1c(NN)ncnc1NCCNC(=O)C1CC1. The van der Waals surface area contributed by atoms with Gasteiger partial charge in [0, 0.05) is 24.6 Å². The molecule has 19 heavy (non-hydrogen) atoms. The van der Waals surface area contributed by atoms with Gasteiger partial charge in [0.2, 0.25) is 5.91 Å². The third kappa shape index (κ3) is 3.54. The second-order valence-electron chi connectivity index (χ2n) is 4.54. The number of hydrogen-bond donors (Lipinski definition) is 4. The van der Waals surface area contributed by atoms with E-state index in [1.165, 1.54) is 6.33 Å². The van der Waals surface area contributed by atoms with Gasteiger partial charge in [-0.2, -0.15) is 0 Å². The highest BCUT2D eigenvalue weighted by molar-refractivity contribution is 5.80. The molecule has 0 saturated heterocycles. The third-order valence-corrected chi connectivity index (χ3v) is 3.10. The van der Waals surface area contributed by atoms with Crippen LogP contribution in [0.1, 0.15) is 25.3 Å². The maximum absolute atomic E-state index is 11.4. The van der Waals surface area contributed by atoms with Gasteiger partial charge in [-0.25, -0.2) is 15.8 Å². The Labute approximate surface area is 112 Å². The van der Waals surface area contributed by atoms with Crippen molar-refractivity contribution in [3.63, 3.8) is 0 Å². The molecule has 104 valence electrons. The number of nitrogen functional groups attached to an aromatic ring is 1. The number of nitrogens with one attached hydrogen (secondary N) is 3. The molecule has 0 spiro atoms. The minimum Gasteiger partial charge on any atom is -0.368 e. The zero-order valence-corrected chi connectivity index (χ0v) is 11.1. The summed E-state index contributed by atoms with van der Waals surface area (Å²) in [5.74, 6) is 7.19. The van der Waals surface area contributed by atoms with E-state index in [-0.39, 0.29) is 11.8 Å². The molecule has 1 aliphatic rings. The molecule has 0 unspecified atom stereocenters. The fraction of sp³-hybridized carbons (Fsp3) is 0.583. The van der Waals surface area contributed by atoms with Gasteiger partial charge in [0.1, 0.15) is 18.0 Å². The van der Waals surface area contributed by atoms with Crippen LogP contribution in [0.4, 0.5) is 11.6 Å². The summed E-state index contributed by atoms with van der Waals surface area (Å²) in [4.78, 5) is 19.7. The van der Waals surface area contributed by atoms with Gasteiger partial charge in [0.05, 0.1) is 0 Å². The van der Waals surface area contributed by atoms with E-state index in [1.54, 1.807) is 0 Å². The predicted octanol–water partition coefficient (Wildman–Crippen LogP) is 0.263. The molecule has 2 rings (SSSR count). The minimum atomic E-state index is 0.157. The summed E-state index contributed by atoms with van der Waals surface area (Å²) in [5, 5.41) is 6.09. The molecular weight excluding hydrogens is 244 g/mol.